The average molecular weight is 188 g/mol. The highest BCUT2D eigenvalue weighted by molar-refractivity contribution is 6.29. The number of rotatable bonds is 2. The number of piperidine rings is 1. The SMILES string of the molecule is C=C(Cl)CC1C(=O)CCCN1C. The number of likely N-dealkylation sites (tertiary alicyclic amines) is 1. The van der Waals surface area contributed by atoms with Crippen molar-refractivity contribution in [2.45, 2.75) is 25.3 Å². The molecule has 0 radical (unpaired) electrons. The van der Waals surface area contributed by atoms with Gasteiger partial charge in [-0.1, -0.05) is 18.2 Å². The molecule has 0 amide bonds. The van der Waals surface area contributed by atoms with Gasteiger partial charge in [0.2, 0.25) is 0 Å². The Balaban J connectivity index is 2.57. The Kier molecular flexibility index (Phi) is 3.29. The summed E-state index contributed by atoms with van der Waals surface area (Å²) in [5.74, 6) is 0.297. The van der Waals surface area contributed by atoms with Crippen LogP contribution in [-0.4, -0.2) is 30.3 Å². The molecule has 1 aliphatic rings. The van der Waals surface area contributed by atoms with Gasteiger partial charge in [-0.15, -0.1) is 0 Å². The summed E-state index contributed by atoms with van der Waals surface area (Å²) in [6.45, 7) is 4.59. The van der Waals surface area contributed by atoms with Gasteiger partial charge >= 0.3 is 0 Å². The lowest BCUT2D eigenvalue weighted by Crippen LogP contribution is -2.43. The van der Waals surface area contributed by atoms with Gasteiger partial charge in [-0.3, -0.25) is 9.69 Å². The molecule has 1 saturated heterocycles. The lowest BCUT2D eigenvalue weighted by molar-refractivity contribution is -0.126. The summed E-state index contributed by atoms with van der Waals surface area (Å²) in [5, 5.41) is 0.571. The molecule has 0 N–H and O–H groups in total. The fourth-order valence-corrected chi connectivity index (χ4v) is 1.70. The quantitative estimate of drug-likeness (QED) is 0.657. The van der Waals surface area contributed by atoms with Crippen molar-refractivity contribution in [3.63, 3.8) is 0 Å². The summed E-state index contributed by atoms with van der Waals surface area (Å²) in [6.07, 6.45) is 2.26. The maximum absolute atomic E-state index is 11.4. The molecule has 0 aliphatic carbocycles. The van der Waals surface area contributed by atoms with E-state index in [4.69, 9.17) is 11.6 Å². The lowest BCUT2D eigenvalue weighted by Gasteiger charge is -2.30. The summed E-state index contributed by atoms with van der Waals surface area (Å²) >= 11 is 5.67. The van der Waals surface area contributed by atoms with Crippen LogP contribution in [0.2, 0.25) is 0 Å². The highest BCUT2D eigenvalue weighted by Gasteiger charge is 2.26. The summed E-state index contributed by atoms with van der Waals surface area (Å²) in [5.41, 5.74) is 0. The topological polar surface area (TPSA) is 20.3 Å². The van der Waals surface area contributed by atoms with Crippen molar-refractivity contribution in [1.82, 2.24) is 4.90 Å². The number of ketones is 1. The Labute approximate surface area is 78.2 Å². The van der Waals surface area contributed by atoms with Gasteiger partial charge in [0.25, 0.3) is 0 Å². The molecule has 1 aliphatic heterocycles. The minimum Gasteiger partial charge on any atom is -0.298 e. The molecule has 0 aromatic carbocycles. The standard InChI is InChI=1S/C9H14ClNO/c1-7(10)6-8-9(12)4-3-5-11(8)2/h8H,1,3-6H2,2H3. The van der Waals surface area contributed by atoms with E-state index in [9.17, 15) is 4.79 Å². The smallest absolute Gasteiger partial charge is 0.150 e. The van der Waals surface area contributed by atoms with Crippen LogP contribution in [-0.2, 0) is 4.79 Å². The van der Waals surface area contributed by atoms with Crippen molar-refractivity contribution < 1.29 is 4.79 Å². The third kappa shape index (κ3) is 2.32. The molecule has 0 aromatic rings. The van der Waals surface area contributed by atoms with Gasteiger partial charge in [0.1, 0.15) is 5.78 Å². The zero-order chi connectivity index (χ0) is 9.14. The van der Waals surface area contributed by atoms with Gasteiger partial charge in [-0.05, 0) is 20.0 Å². The van der Waals surface area contributed by atoms with Crippen molar-refractivity contribution in [2.75, 3.05) is 13.6 Å². The second-order valence-corrected chi connectivity index (χ2v) is 3.82. The molecule has 3 heteroatoms. The first-order valence-corrected chi connectivity index (χ1v) is 4.55. The Bertz CT molecular complexity index is 203. The Morgan fingerprint density at radius 2 is 2.50 bits per heavy atom. The predicted octanol–water partition coefficient (Wildman–Crippen LogP) is 1.79. The van der Waals surface area contributed by atoms with Crippen LogP contribution < -0.4 is 0 Å². The molecule has 0 aromatic heterocycles. The van der Waals surface area contributed by atoms with Gasteiger partial charge in [-0.25, -0.2) is 0 Å². The van der Waals surface area contributed by atoms with Crippen LogP contribution in [0.15, 0.2) is 11.6 Å². The number of carbonyl (C=O) groups is 1. The fourth-order valence-electron chi connectivity index (χ4n) is 1.55. The molecule has 12 heavy (non-hydrogen) atoms. The first-order chi connectivity index (χ1) is 5.61. The van der Waals surface area contributed by atoms with Gasteiger partial charge in [-0.2, -0.15) is 0 Å². The van der Waals surface area contributed by atoms with E-state index in [2.05, 4.69) is 11.5 Å². The average Bonchev–Trinajstić information content (AvgIpc) is 1.97. The third-order valence-electron chi connectivity index (χ3n) is 2.25. The largest absolute Gasteiger partial charge is 0.298 e. The van der Waals surface area contributed by atoms with Crippen LogP contribution in [0.25, 0.3) is 0 Å². The van der Waals surface area contributed by atoms with E-state index >= 15 is 0 Å². The summed E-state index contributed by atoms with van der Waals surface area (Å²) in [7, 11) is 1.96. The molecule has 0 spiro atoms. The second kappa shape index (κ2) is 4.06. The molecule has 1 rings (SSSR count). The van der Waals surface area contributed by atoms with Gasteiger partial charge < -0.3 is 0 Å². The van der Waals surface area contributed by atoms with E-state index in [1.165, 1.54) is 0 Å². The number of carbonyl (C=O) groups excluding carboxylic acids is 1. The van der Waals surface area contributed by atoms with Crippen LogP contribution >= 0.6 is 11.6 Å². The predicted molar refractivity (Wildman–Crippen MR) is 50.3 cm³/mol. The monoisotopic (exact) mass is 187 g/mol. The molecule has 2 nitrogen and oxygen atoms in total. The van der Waals surface area contributed by atoms with Crippen molar-refractivity contribution in [1.29, 1.82) is 0 Å². The van der Waals surface area contributed by atoms with Crippen LogP contribution in [0.1, 0.15) is 19.3 Å². The van der Waals surface area contributed by atoms with E-state index in [1.807, 2.05) is 7.05 Å². The van der Waals surface area contributed by atoms with Crippen LogP contribution in [0.4, 0.5) is 0 Å². The van der Waals surface area contributed by atoms with E-state index in [-0.39, 0.29) is 6.04 Å². The molecular weight excluding hydrogens is 174 g/mol. The van der Waals surface area contributed by atoms with Gasteiger partial charge in [0.15, 0.2) is 0 Å². The maximum atomic E-state index is 11.4. The fraction of sp³-hybridized carbons (Fsp3) is 0.667. The number of halogens is 1. The number of likely N-dealkylation sites (N-methyl/N-ethyl adjacent to an activating group) is 1. The van der Waals surface area contributed by atoms with Crippen molar-refractivity contribution in [3.8, 4) is 0 Å². The second-order valence-electron chi connectivity index (χ2n) is 3.29. The molecule has 1 fully saturated rings. The molecule has 1 atom stereocenters. The van der Waals surface area contributed by atoms with Gasteiger partial charge in [0.05, 0.1) is 6.04 Å². The first kappa shape index (κ1) is 9.75. The molecule has 0 bridgehead atoms. The molecular formula is C9H14ClNO. The Hall–Kier alpha value is -0.340. The van der Waals surface area contributed by atoms with Crippen LogP contribution in [0.5, 0.6) is 0 Å². The Morgan fingerprint density at radius 1 is 1.83 bits per heavy atom. The summed E-state index contributed by atoms with van der Waals surface area (Å²) < 4.78 is 0. The molecule has 1 heterocycles. The number of nitrogens with zero attached hydrogens (tertiary/aromatic N) is 1. The minimum absolute atomic E-state index is 0.0243. The molecule has 1 unspecified atom stereocenters. The van der Waals surface area contributed by atoms with Crippen molar-refractivity contribution in [3.05, 3.63) is 11.6 Å². The number of hydrogen-bond acceptors (Lipinski definition) is 2. The van der Waals surface area contributed by atoms with Crippen molar-refractivity contribution >= 4 is 17.4 Å². The highest BCUT2D eigenvalue weighted by atomic mass is 35.5. The van der Waals surface area contributed by atoms with Crippen LogP contribution in [0.3, 0.4) is 0 Å². The zero-order valence-electron chi connectivity index (χ0n) is 7.35. The van der Waals surface area contributed by atoms with Crippen molar-refractivity contribution in [2.24, 2.45) is 0 Å². The van der Waals surface area contributed by atoms with E-state index in [0.717, 1.165) is 13.0 Å². The molecule has 68 valence electrons. The van der Waals surface area contributed by atoms with Crippen LogP contribution in [0, 0.1) is 0 Å². The van der Waals surface area contributed by atoms with E-state index in [1.54, 1.807) is 0 Å². The van der Waals surface area contributed by atoms with E-state index < -0.39 is 0 Å². The normalized spacial score (nSPS) is 25.8. The lowest BCUT2D eigenvalue weighted by atomic mass is 9.99. The molecule has 0 saturated carbocycles. The number of hydrogen-bond donors (Lipinski definition) is 0. The van der Waals surface area contributed by atoms with Gasteiger partial charge in [0, 0.05) is 17.9 Å². The third-order valence-corrected chi connectivity index (χ3v) is 2.41. The maximum Gasteiger partial charge on any atom is 0.150 e. The Morgan fingerprint density at radius 3 is 3.00 bits per heavy atom. The first-order valence-electron chi connectivity index (χ1n) is 4.17. The zero-order valence-corrected chi connectivity index (χ0v) is 8.10. The number of Topliss-reactive ketones (excluding diaryl/α,β-unsaturated/α-hetero) is 1. The summed E-state index contributed by atoms with van der Waals surface area (Å²) in [6, 6.07) is -0.0243. The summed E-state index contributed by atoms with van der Waals surface area (Å²) in [4.78, 5) is 13.5. The minimum atomic E-state index is -0.0243. The van der Waals surface area contributed by atoms with E-state index in [0.29, 0.717) is 23.7 Å². The highest BCUT2D eigenvalue weighted by Crippen LogP contribution is 2.19.